The maximum atomic E-state index is 10.5. The summed E-state index contributed by atoms with van der Waals surface area (Å²) in [7, 11) is 0. The fourth-order valence-electron chi connectivity index (χ4n) is 1.57. The van der Waals surface area contributed by atoms with Gasteiger partial charge in [-0.15, -0.1) is 12.4 Å². The first-order chi connectivity index (χ1) is 8.04. The van der Waals surface area contributed by atoms with Crippen molar-refractivity contribution in [3.8, 4) is 5.75 Å². The highest BCUT2D eigenvalue weighted by molar-refractivity contribution is 5.85. The number of carboxylic acid groups (broad SMARTS) is 1. The van der Waals surface area contributed by atoms with E-state index in [1.807, 2.05) is 18.2 Å². The fourth-order valence-corrected chi connectivity index (χ4v) is 1.57. The molecule has 0 saturated heterocycles. The number of carboxylic acids is 1. The Morgan fingerprint density at radius 1 is 1.44 bits per heavy atom. The van der Waals surface area contributed by atoms with Crippen LogP contribution in [0.3, 0.4) is 0 Å². The Bertz CT molecular complexity index is 394. The van der Waals surface area contributed by atoms with Crippen molar-refractivity contribution >= 4 is 18.4 Å². The Morgan fingerprint density at radius 3 is 2.61 bits per heavy atom. The predicted molar refractivity (Wildman–Crippen MR) is 73.7 cm³/mol. The van der Waals surface area contributed by atoms with Gasteiger partial charge in [0.05, 0.1) is 0 Å². The maximum Gasteiger partial charge on any atom is 0.341 e. The van der Waals surface area contributed by atoms with Crippen LogP contribution in [0.1, 0.15) is 30.9 Å². The quantitative estimate of drug-likeness (QED) is 0.833. The van der Waals surface area contributed by atoms with Crippen LogP contribution in [0.5, 0.6) is 5.75 Å². The van der Waals surface area contributed by atoms with E-state index in [0.29, 0.717) is 24.6 Å². The van der Waals surface area contributed by atoms with Crippen LogP contribution in [-0.2, 0) is 11.2 Å². The summed E-state index contributed by atoms with van der Waals surface area (Å²) in [5, 5.41) is 8.62. The van der Waals surface area contributed by atoms with E-state index in [1.165, 1.54) is 0 Å². The normalized spacial score (nSPS) is 10.0. The number of benzene rings is 1. The summed E-state index contributed by atoms with van der Waals surface area (Å²) in [5.74, 6) is 0.0387. The standard InChI is InChI=1S/C13H19NO3.ClH/c1-9(2)11-4-3-10(5-6-14)12(7-11)17-8-13(15)16;/h3-4,7,9H,5-6,8,14H2,1-2H3,(H,15,16);1H. The number of aliphatic carboxylic acids is 1. The molecule has 0 unspecified atom stereocenters. The van der Waals surface area contributed by atoms with Crippen LogP contribution in [-0.4, -0.2) is 24.2 Å². The molecule has 0 fully saturated rings. The van der Waals surface area contributed by atoms with Crippen molar-refractivity contribution in [2.75, 3.05) is 13.2 Å². The monoisotopic (exact) mass is 273 g/mol. The average Bonchev–Trinajstić information content (AvgIpc) is 2.27. The molecule has 1 aromatic rings. The molecule has 0 amide bonds. The van der Waals surface area contributed by atoms with Crippen molar-refractivity contribution in [3.05, 3.63) is 29.3 Å². The predicted octanol–water partition coefficient (Wildman–Crippen LogP) is 2.20. The Labute approximate surface area is 114 Å². The third-order valence-corrected chi connectivity index (χ3v) is 2.52. The second kappa shape index (κ2) is 7.95. The molecule has 0 aliphatic heterocycles. The van der Waals surface area contributed by atoms with Gasteiger partial charge in [-0.3, -0.25) is 0 Å². The molecule has 0 bridgehead atoms. The molecule has 0 heterocycles. The Balaban J connectivity index is 0.00000289. The first-order valence-electron chi connectivity index (χ1n) is 5.72. The largest absolute Gasteiger partial charge is 0.482 e. The van der Waals surface area contributed by atoms with Crippen LogP contribution in [0, 0.1) is 0 Å². The maximum absolute atomic E-state index is 10.5. The third kappa shape index (κ3) is 4.94. The van der Waals surface area contributed by atoms with E-state index in [9.17, 15) is 4.79 Å². The smallest absolute Gasteiger partial charge is 0.341 e. The number of halogens is 1. The molecule has 0 aliphatic rings. The summed E-state index contributed by atoms with van der Waals surface area (Å²) >= 11 is 0. The number of rotatable bonds is 6. The number of nitrogens with two attached hydrogens (primary N) is 1. The summed E-state index contributed by atoms with van der Waals surface area (Å²) in [6.07, 6.45) is 0.688. The summed E-state index contributed by atoms with van der Waals surface area (Å²) in [5.41, 5.74) is 7.60. The zero-order valence-electron chi connectivity index (χ0n) is 10.7. The third-order valence-electron chi connectivity index (χ3n) is 2.52. The van der Waals surface area contributed by atoms with Gasteiger partial charge in [0.1, 0.15) is 5.75 Å². The first kappa shape index (κ1) is 16.7. The Morgan fingerprint density at radius 2 is 2.11 bits per heavy atom. The van der Waals surface area contributed by atoms with E-state index in [1.54, 1.807) is 0 Å². The van der Waals surface area contributed by atoms with Crippen LogP contribution >= 0.6 is 12.4 Å². The molecule has 18 heavy (non-hydrogen) atoms. The summed E-state index contributed by atoms with van der Waals surface area (Å²) in [6, 6.07) is 5.89. The Hall–Kier alpha value is -1.26. The van der Waals surface area contributed by atoms with E-state index in [2.05, 4.69) is 13.8 Å². The first-order valence-corrected chi connectivity index (χ1v) is 5.72. The number of hydrogen-bond donors (Lipinski definition) is 2. The average molecular weight is 274 g/mol. The van der Waals surface area contributed by atoms with Crippen molar-refractivity contribution < 1.29 is 14.6 Å². The van der Waals surface area contributed by atoms with E-state index < -0.39 is 5.97 Å². The lowest BCUT2D eigenvalue weighted by Crippen LogP contribution is -2.12. The van der Waals surface area contributed by atoms with Gasteiger partial charge in [0, 0.05) is 0 Å². The molecule has 4 nitrogen and oxygen atoms in total. The zero-order chi connectivity index (χ0) is 12.8. The number of hydrogen-bond acceptors (Lipinski definition) is 3. The molecule has 5 heteroatoms. The van der Waals surface area contributed by atoms with Crippen LogP contribution in [0.2, 0.25) is 0 Å². The molecular formula is C13H20ClNO3. The molecule has 0 spiro atoms. The lowest BCUT2D eigenvalue weighted by Gasteiger charge is -2.13. The minimum absolute atomic E-state index is 0. The number of carbonyl (C=O) groups is 1. The van der Waals surface area contributed by atoms with Crippen molar-refractivity contribution in [3.63, 3.8) is 0 Å². The summed E-state index contributed by atoms with van der Waals surface area (Å²) in [6.45, 7) is 4.36. The highest BCUT2D eigenvalue weighted by Crippen LogP contribution is 2.25. The van der Waals surface area contributed by atoms with Crippen molar-refractivity contribution in [1.29, 1.82) is 0 Å². The molecule has 3 N–H and O–H groups in total. The number of ether oxygens (including phenoxy) is 1. The van der Waals surface area contributed by atoms with Gasteiger partial charge in [0.25, 0.3) is 0 Å². The van der Waals surface area contributed by atoms with Gasteiger partial charge >= 0.3 is 5.97 Å². The van der Waals surface area contributed by atoms with Crippen molar-refractivity contribution in [2.24, 2.45) is 5.73 Å². The SMILES string of the molecule is CC(C)c1ccc(CCN)c(OCC(=O)O)c1.Cl. The summed E-state index contributed by atoms with van der Waals surface area (Å²) < 4.78 is 5.29. The fraction of sp³-hybridized carbons (Fsp3) is 0.462. The van der Waals surface area contributed by atoms with Gasteiger partial charge in [0.2, 0.25) is 0 Å². The van der Waals surface area contributed by atoms with Gasteiger partial charge in [0.15, 0.2) is 6.61 Å². The molecule has 1 aromatic carbocycles. The van der Waals surface area contributed by atoms with Crippen LogP contribution in [0.25, 0.3) is 0 Å². The van der Waals surface area contributed by atoms with E-state index in [4.69, 9.17) is 15.6 Å². The van der Waals surface area contributed by atoms with Crippen LogP contribution in [0.4, 0.5) is 0 Å². The van der Waals surface area contributed by atoms with Gasteiger partial charge < -0.3 is 15.6 Å². The van der Waals surface area contributed by atoms with Gasteiger partial charge in [-0.1, -0.05) is 26.0 Å². The second-order valence-corrected chi connectivity index (χ2v) is 4.24. The van der Waals surface area contributed by atoms with Gasteiger partial charge in [-0.2, -0.15) is 0 Å². The molecule has 0 aliphatic carbocycles. The van der Waals surface area contributed by atoms with E-state index in [0.717, 1.165) is 11.1 Å². The second-order valence-electron chi connectivity index (χ2n) is 4.24. The van der Waals surface area contributed by atoms with Gasteiger partial charge in [-0.05, 0) is 36.1 Å². The lowest BCUT2D eigenvalue weighted by molar-refractivity contribution is -0.139. The van der Waals surface area contributed by atoms with Crippen LogP contribution in [0.15, 0.2) is 18.2 Å². The zero-order valence-corrected chi connectivity index (χ0v) is 11.5. The molecule has 0 aromatic heterocycles. The molecule has 0 radical (unpaired) electrons. The van der Waals surface area contributed by atoms with E-state index in [-0.39, 0.29) is 19.0 Å². The molecular weight excluding hydrogens is 254 g/mol. The van der Waals surface area contributed by atoms with E-state index >= 15 is 0 Å². The molecule has 0 atom stereocenters. The topological polar surface area (TPSA) is 72.5 Å². The highest BCUT2D eigenvalue weighted by atomic mass is 35.5. The minimum atomic E-state index is -0.973. The lowest BCUT2D eigenvalue weighted by atomic mass is 10.00. The summed E-state index contributed by atoms with van der Waals surface area (Å²) in [4.78, 5) is 10.5. The van der Waals surface area contributed by atoms with Crippen LogP contribution < -0.4 is 10.5 Å². The molecule has 1 rings (SSSR count). The van der Waals surface area contributed by atoms with Gasteiger partial charge in [-0.25, -0.2) is 4.79 Å². The molecule has 0 saturated carbocycles. The Kier molecular flexibility index (Phi) is 7.39. The van der Waals surface area contributed by atoms with Crippen molar-refractivity contribution in [2.45, 2.75) is 26.2 Å². The minimum Gasteiger partial charge on any atom is -0.482 e. The van der Waals surface area contributed by atoms with Crippen molar-refractivity contribution in [1.82, 2.24) is 0 Å². The highest BCUT2D eigenvalue weighted by Gasteiger charge is 2.08. The molecule has 102 valence electrons.